The third kappa shape index (κ3) is 2.52. The van der Waals surface area contributed by atoms with Crippen LogP contribution in [0.5, 0.6) is 0 Å². The molecule has 0 aliphatic carbocycles. The van der Waals surface area contributed by atoms with Crippen LogP contribution in [0.3, 0.4) is 0 Å². The SMILES string of the molecule is CCC1(C(=O)O)CCN(C(=O)c2cc(N)ccc2Br)C1. The van der Waals surface area contributed by atoms with E-state index in [-0.39, 0.29) is 12.5 Å². The number of hydrogen-bond donors (Lipinski definition) is 2. The van der Waals surface area contributed by atoms with Crippen molar-refractivity contribution in [3.8, 4) is 0 Å². The highest BCUT2D eigenvalue weighted by molar-refractivity contribution is 9.10. The summed E-state index contributed by atoms with van der Waals surface area (Å²) in [4.78, 5) is 25.5. The van der Waals surface area contributed by atoms with E-state index in [0.717, 1.165) is 0 Å². The molecule has 5 nitrogen and oxygen atoms in total. The fourth-order valence-corrected chi connectivity index (χ4v) is 2.95. The molecule has 2 rings (SSSR count). The van der Waals surface area contributed by atoms with Crippen LogP contribution in [0.2, 0.25) is 0 Å². The van der Waals surface area contributed by atoms with E-state index in [4.69, 9.17) is 5.73 Å². The van der Waals surface area contributed by atoms with Crippen LogP contribution in [-0.4, -0.2) is 35.0 Å². The summed E-state index contributed by atoms with van der Waals surface area (Å²) in [5.74, 6) is -1.01. The van der Waals surface area contributed by atoms with E-state index >= 15 is 0 Å². The summed E-state index contributed by atoms with van der Waals surface area (Å²) < 4.78 is 0.668. The number of carbonyl (C=O) groups excluding carboxylic acids is 1. The zero-order chi connectivity index (χ0) is 14.9. The highest BCUT2D eigenvalue weighted by Gasteiger charge is 2.45. The maximum absolute atomic E-state index is 12.5. The monoisotopic (exact) mass is 340 g/mol. The number of nitrogens with zero attached hydrogens (tertiary/aromatic N) is 1. The molecule has 1 aliphatic heterocycles. The first-order valence-corrected chi connectivity index (χ1v) is 7.26. The number of aliphatic carboxylic acids is 1. The quantitative estimate of drug-likeness (QED) is 0.827. The van der Waals surface area contributed by atoms with Gasteiger partial charge in [-0.1, -0.05) is 6.92 Å². The maximum atomic E-state index is 12.5. The van der Waals surface area contributed by atoms with Crippen molar-refractivity contribution >= 4 is 33.5 Å². The van der Waals surface area contributed by atoms with Crippen molar-refractivity contribution in [2.24, 2.45) is 5.41 Å². The Bertz CT molecular complexity index is 561. The molecule has 20 heavy (non-hydrogen) atoms. The van der Waals surface area contributed by atoms with E-state index < -0.39 is 11.4 Å². The third-order valence-corrected chi connectivity index (χ3v) is 4.68. The Hall–Kier alpha value is -1.56. The Morgan fingerprint density at radius 2 is 2.20 bits per heavy atom. The highest BCUT2D eigenvalue weighted by Crippen LogP contribution is 2.35. The van der Waals surface area contributed by atoms with Crippen molar-refractivity contribution in [2.75, 3.05) is 18.8 Å². The molecule has 0 radical (unpaired) electrons. The molecule has 1 fully saturated rings. The second kappa shape index (κ2) is 5.44. The number of likely N-dealkylation sites (tertiary alicyclic amines) is 1. The van der Waals surface area contributed by atoms with E-state index in [9.17, 15) is 14.7 Å². The number of hydrogen-bond acceptors (Lipinski definition) is 3. The van der Waals surface area contributed by atoms with Crippen molar-refractivity contribution in [1.29, 1.82) is 0 Å². The van der Waals surface area contributed by atoms with Gasteiger partial charge in [-0.15, -0.1) is 0 Å². The molecular formula is C14H17BrN2O3. The Morgan fingerprint density at radius 1 is 1.50 bits per heavy atom. The molecule has 3 N–H and O–H groups in total. The maximum Gasteiger partial charge on any atom is 0.311 e. The van der Waals surface area contributed by atoms with E-state index in [0.29, 0.717) is 35.1 Å². The molecule has 6 heteroatoms. The Morgan fingerprint density at radius 3 is 2.75 bits per heavy atom. The fourth-order valence-electron chi connectivity index (χ4n) is 2.54. The van der Waals surface area contributed by atoms with Gasteiger partial charge in [-0.3, -0.25) is 9.59 Å². The molecule has 0 aromatic heterocycles. The van der Waals surface area contributed by atoms with Crippen LogP contribution in [0.15, 0.2) is 22.7 Å². The molecule has 1 heterocycles. The number of benzene rings is 1. The predicted molar refractivity (Wildman–Crippen MR) is 79.4 cm³/mol. The van der Waals surface area contributed by atoms with E-state index in [1.54, 1.807) is 23.1 Å². The van der Waals surface area contributed by atoms with Gasteiger partial charge in [0.25, 0.3) is 5.91 Å². The molecule has 1 aromatic carbocycles. The zero-order valence-corrected chi connectivity index (χ0v) is 12.8. The lowest BCUT2D eigenvalue weighted by molar-refractivity contribution is -0.148. The lowest BCUT2D eigenvalue weighted by Crippen LogP contribution is -2.36. The average molecular weight is 341 g/mol. The summed E-state index contributed by atoms with van der Waals surface area (Å²) in [5, 5.41) is 9.37. The summed E-state index contributed by atoms with van der Waals surface area (Å²) in [6.07, 6.45) is 1.01. The number of amides is 1. The standard InChI is InChI=1S/C14H17BrN2O3/c1-2-14(13(19)20)5-6-17(8-14)12(18)10-7-9(16)3-4-11(10)15/h3-4,7H,2,5-6,8,16H2,1H3,(H,19,20). The average Bonchev–Trinajstić information content (AvgIpc) is 2.86. The van der Waals surface area contributed by atoms with Crippen molar-refractivity contribution in [2.45, 2.75) is 19.8 Å². The molecular weight excluding hydrogens is 324 g/mol. The van der Waals surface area contributed by atoms with Crippen LogP contribution >= 0.6 is 15.9 Å². The molecule has 0 saturated carbocycles. The number of carboxylic acids is 1. The van der Waals surface area contributed by atoms with Crippen LogP contribution < -0.4 is 5.73 Å². The van der Waals surface area contributed by atoms with Gasteiger partial charge in [0.2, 0.25) is 0 Å². The van der Waals surface area contributed by atoms with Crippen molar-refractivity contribution in [1.82, 2.24) is 4.90 Å². The summed E-state index contributed by atoms with van der Waals surface area (Å²) in [6, 6.07) is 5.04. The smallest absolute Gasteiger partial charge is 0.311 e. The summed E-state index contributed by atoms with van der Waals surface area (Å²) >= 11 is 3.33. The van der Waals surface area contributed by atoms with Gasteiger partial charge in [0, 0.05) is 23.2 Å². The lowest BCUT2D eigenvalue weighted by Gasteiger charge is -2.23. The molecule has 1 unspecified atom stereocenters. The van der Waals surface area contributed by atoms with E-state index in [1.165, 1.54) is 0 Å². The molecule has 0 bridgehead atoms. The number of halogens is 1. The topological polar surface area (TPSA) is 83.6 Å². The summed E-state index contributed by atoms with van der Waals surface area (Å²) in [5.41, 5.74) is 5.87. The fraction of sp³-hybridized carbons (Fsp3) is 0.429. The van der Waals surface area contributed by atoms with Crippen LogP contribution in [0, 0.1) is 5.41 Å². The Kier molecular flexibility index (Phi) is 4.04. The second-order valence-corrected chi connectivity index (χ2v) is 6.01. The van der Waals surface area contributed by atoms with Gasteiger partial charge in [-0.25, -0.2) is 0 Å². The first kappa shape index (κ1) is 14.8. The van der Waals surface area contributed by atoms with Crippen LogP contribution in [0.25, 0.3) is 0 Å². The van der Waals surface area contributed by atoms with E-state index in [2.05, 4.69) is 15.9 Å². The van der Waals surface area contributed by atoms with Gasteiger partial charge in [0.15, 0.2) is 0 Å². The first-order valence-electron chi connectivity index (χ1n) is 6.47. The summed E-state index contributed by atoms with van der Waals surface area (Å²) in [7, 11) is 0. The van der Waals surface area contributed by atoms with Gasteiger partial charge in [0.1, 0.15) is 0 Å². The summed E-state index contributed by atoms with van der Waals surface area (Å²) in [6.45, 7) is 2.55. The minimum atomic E-state index is -0.832. The number of carboxylic acid groups (broad SMARTS) is 1. The van der Waals surface area contributed by atoms with Gasteiger partial charge < -0.3 is 15.7 Å². The molecule has 1 atom stereocenters. The van der Waals surface area contributed by atoms with Crippen molar-refractivity contribution in [3.05, 3.63) is 28.2 Å². The Balaban J connectivity index is 2.24. The minimum absolute atomic E-state index is 0.180. The molecule has 1 aliphatic rings. The molecule has 1 amide bonds. The van der Waals surface area contributed by atoms with Crippen LogP contribution in [0.4, 0.5) is 5.69 Å². The Labute approximate surface area is 125 Å². The van der Waals surface area contributed by atoms with Crippen molar-refractivity contribution in [3.63, 3.8) is 0 Å². The molecule has 1 aromatic rings. The number of rotatable bonds is 3. The molecule has 108 valence electrons. The second-order valence-electron chi connectivity index (χ2n) is 5.16. The number of nitrogens with two attached hydrogens (primary N) is 1. The van der Waals surface area contributed by atoms with E-state index in [1.807, 2.05) is 6.92 Å². The largest absolute Gasteiger partial charge is 0.481 e. The zero-order valence-electron chi connectivity index (χ0n) is 11.2. The minimum Gasteiger partial charge on any atom is -0.481 e. The first-order chi connectivity index (χ1) is 9.39. The third-order valence-electron chi connectivity index (χ3n) is 3.99. The number of anilines is 1. The van der Waals surface area contributed by atoms with Crippen LogP contribution in [-0.2, 0) is 4.79 Å². The molecule has 0 spiro atoms. The van der Waals surface area contributed by atoms with Gasteiger partial charge in [-0.05, 0) is 47.0 Å². The number of carbonyl (C=O) groups is 2. The van der Waals surface area contributed by atoms with Crippen molar-refractivity contribution < 1.29 is 14.7 Å². The van der Waals surface area contributed by atoms with Crippen LogP contribution in [0.1, 0.15) is 30.1 Å². The van der Waals surface area contributed by atoms with Gasteiger partial charge in [0.05, 0.1) is 11.0 Å². The normalized spacial score (nSPS) is 22.0. The highest BCUT2D eigenvalue weighted by atomic mass is 79.9. The van der Waals surface area contributed by atoms with Gasteiger partial charge in [-0.2, -0.15) is 0 Å². The number of nitrogen functional groups attached to an aromatic ring is 1. The van der Waals surface area contributed by atoms with Gasteiger partial charge >= 0.3 is 5.97 Å². The molecule has 1 saturated heterocycles. The predicted octanol–water partition coefficient (Wildman–Crippen LogP) is 2.36. The lowest BCUT2D eigenvalue weighted by atomic mass is 9.84.